The maximum atomic E-state index is 12.8. The maximum Gasteiger partial charge on any atom is 0.210 e. The Morgan fingerprint density at radius 3 is 2.17 bits per heavy atom. The number of carbonyl (C=O) groups is 1. The Morgan fingerprint density at radius 1 is 1.04 bits per heavy atom. The average Bonchev–Trinajstić information content (AvgIpc) is 3.00. The third-order valence-corrected chi connectivity index (χ3v) is 6.04. The van der Waals surface area contributed by atoms with Gasteiger partial charge in [0.05, 0.1) is 10.5 Å². The molecule has 6 heteroatoms. The van der Waals surface area contributed by atoms with Crippen molar-refractivity contribution in [3.05, 3.63) is 51.7 Å². The van der Waals surface area contributed by atoms with Gasteiger partial charge in [0.2, 0.25) is 5.78 Å². The molecular formula is C18H18O4S2. The predicted octanol–water partition coefficient (Wildman–Crippen LogP) is 3.71. The van der Waals surface area contributed by atoms with Crippen LogP contribution in [0.1, 0.15) is 29.2 Å². The lowest BCUT2D eigenvalue weighted by atomic mass is 9.97. The van der Waals surface area contributed by atoms with Gasteiger partial charge < -0.3 is 4.74 Å². The van der Waals surface area contributed by atoms with E-state index in [-0.39, 0.29) is 10.7 Å². The molecule has 0 atom stereocenters. The van der Waals surface area contributed by atoms with Gasteiger partial charge in [-0.2, -0.15) is 0 Å². The molecule has 1 aromatic carbocycles. The Bertz CT molecular complexity index is 945. The number of benzene rings is 1. The molecule has 3 rings (SSSR count). The molecule has 1 aliphatic rings. The quantitative estimate of drug-likeness (QED) is 0.835. The van der Waals surface area contributed by atoms with Crippen molar-refractivity contribution in [1.82, 2.24) is 0 Å². The molecule has 24 heavy (non-hydrogen) atoms. The summed E-state index contributed by atoms with van der Waals surface area (Å²) < 4.78 is 29.2. The molecule has 0 saturated heterocycles. The van der Waals surface area contributed by atoms with Crippen LogP contribution in [-0.4, -0.2) is 26.1 Å². The van der Waals surface area contributed by atoms with E-state index >= 15 is 0 Å². The average molecular weight is 362 g/mol. The largest absolute Gasteiger partial charge is 0.478 e. The number of thiophene rings is 1. The molecule has 2 heterocycles. The molecule has 4 nitrogen and oxygen atoms in total. The number of aryl methyl sites for hydroxylation is 1. The van der Waals surface area contributed by atoms with E-state index in [9.17, 15) is 13.2 Å². The Labute approximate surface area is 145 Å². The van der Waals surface area contributed by atoms with Crippen LogP contribution >= 0.6 is 11.3 Å². The second-order valence-electron chi connectivity index (χ2n) is 6.35. The number of rotatable bonds is 3. The van der Waals surface area contributed by atoms with Crippen LogP contribution in [0.3, 0.4) is 0 Å². The minimum atomic E-state index is -3.26. The number of ketones is 1. The van der Waals surface area contributed by atoms with Gasteiger partial charge in [0, 0.05) is 21.6 Å². The van der Waals surface area contributed by atoms with E-state index in [1.54, 1.807) is 37.3 Å². The van der Waals surface area contributed by atoms with Crippen molar-refractivity contribution in [3.63, 3.8) is 0 Å². The molecule has 1 aliphatic heterocycles. The topological polar surface area (TPSA) is 60.4 Å². The fourth-order valence-corrected chi connectivity index (χ4v) is 4.14. The summed E-state index contributed by atoms with van der Waals surface area (Å²) in [5, 5.41) is 0. The lowest BCUT2D eigenvalue weighted by Gasteiger charge is -2.17. The summed E-state index contributed by atoms with van der Waals surface area (Å²) >= 11 is 1.54. The molecule has 2 aromatic rings. The van der Waals surface area contributed by atoms with Crippen LogP contribution < -0.4 is 0 Å². The highest BCUT2D eigenvalue weighted by Gasteiger charge is 2.43. The van der Waals surface area contributed by atoms with Gasteiger partial charge in [-0.05, 0) is 57.2 Å². The first-order valence-electron chi connectivity index (χ1n) is 7.45. The SMILES string of the molecule is Cc1ccc(C2=C(c3ccc(S(C)(=O)=O)cc3)OC(C)(C)C2=O)s1. The molecule has 0 fully saturated rings. The predicted molar refractivity (Wildman–Crippen MR) is 95.6 cm³/mol. The Morgan fingerprint density at radius 2 is 1.67 bits per heavy atom. The van der Waals surface area contributed by atoms with Crippen LogP contribution in [-0.2, 0) is 19.4 Å². The van der Waals surface area contributed by atoms with Crippen LogP contribution in [0.15, 0.2) is 41.3 Å². The molecule has 0 N–H and O–H groups in total. The normalized spacial score (nSPS) is 17.2. The van der Waals surface area contributed by atoms with Crippen molar-refractivity contribution in [3.8, 4) is 0 Å². The first kappa shape index (κ1) is 16.9. The van der Waals surface area contributed by atoms with E-state index in [4.69, 9.17) is 4.74 Å². The molecular weight excluding hydrogens is 344 g/mol. The lowest BCUT2D eigenvalue weighted by Crippen LogP contribution is -2.29. The maximum absolute atomic E-state index is 12.8. The highest BCUT2D eigenvalue weighted by atomic mass is 32.2. The van der Waals surface area contributed by atoms with E-state index < -0.39 is 15.4 Å². The highest BCUT2D eigenvalue weighted by Crippen LogP contribution is 2.43. The van der Waals surface area contributed by atoms with E-state index in [0.29, 0.717) is 16.9 Å². The Kier molecular flexibility index (Phi) is 3.92. The van der Waals surface area contributed by atoms with Crippen molar-refractivity contribution in [2.75, 3.05) is 6.26 Å². The summed E-state index contributed by atoms with van der Waals surface area (Å²) in [4.78, 5) is 15.0. The number of ether oxygens (including phenoxy) is 1. The third kappa shape index (κ3) is 2.91. The number of hydrogen-bond donors (Lipinski definition) is 0. The van der Waals surface area contributed by atoms with E-state index in [1.165, 1.54) is 18.4 Å². The van der Waals surface area contributed by atoms with E-state index in [0.717, 1.165) is 9.75 Å². The van der Waals surface area contributed by atoms with Gasteiger partial charge in [0.15, 0.2) is 15.4 Å². The molecule has 0 spiro atoms. The van der Waals surface area contributed by atoms with Gasteiger partial charge in [-0.15, -0.1) is 11.3 Å². The molecule has 0 aliphatic carbocycles. The van der Waals surface area contributed by atoms with Crippen LogP contribution in [0, 0.1) is 6.92 Å². The molecule has 0 bridgehead atoms. The van der Waals surface area contributed by atoms with Crippen molar-refractivity contribution in [2.45, 2.75) is 31.3 Å². The summed E-state index contributed by atoms with van der Waals surface area (Å²) in [5.74, 6) is 0.443. The number of carbonyl (C=O) groups excluding carboxylic acids is 1. The summed E-state index contributed by atoms with van der Waals surface area (Å²) in [6.07, 6.45) is 1.17. The second-order valence-corrected chi connectivity index (χ2v) is 9.66. The summed E-state index contributed by atoms with van der Waals surface area (Å²) in [5.41, 5.74) is 0.325. The smallest absolute Gasteiger partial charge is 0.210 e. The summed E-state index contributed by atoms with van der Waals surface area (Å²) in [6, 6.07) is 10.3. The third-order valence-electron chi connectivity index (χ3n) is 3.89. The number of sulfone groups is 1. The minimum absolute atomic E-state index is 0.0634. The minimum Gasteiger partial charge on any atom is -0.478 e. The lowest BCUT2D eigenvalue weighted by molar-refractivity contribution is -0.125. The van der Waals surface area contributed by atoms with Crippen molar-refractivity contribution in [2.24, 2.45) is 0 Å². The number of hydrogen-bond acceptors (Lipinski definition) is 5. The summed E-state index contributed by atoms with van der Waals surface area (Å²) in [7, 11) is -3.26. The zero-order chi connectivity index (χ0) is 17.7. The molecule has 0 saturated carbocycles. The van der Waals surface area contributed by atoms with Gasteiger partial charge in [0.25, 0.3) is 0 Å². The van der Waals surface area contributed by atoms with Crippen molar-refractivity contribution >= 4 is 38.3 Å². The van der Waals surface area contributed by atoms with Gasteiger partial charge in [-0.25, -0.2) is 8.42 Å². The summed E-state index contributed by atoms with van der Waals surface area (Å²) in [6.45, 7) is 5.47. The molecule has 0 amide bonds. The van der Waals surface area contributed by atoms with Crippen molar-refractivity contribution in [1.29, 1.82) is 0 Å². The van der Waals surface area contributed by atoms with Crippen molar-refractivity contribution < 1.29 is 17.9 Å². The highest BCUT2D eigenvalue weighted by molar-refractivity contribution is 7.90. The van der Waals surface area contributed by atoms with Gasteiger partial charge in [-0.1, -0.05) is 0 Å². The monoisotopic (exact) mass is 362 g/mol. The first-order valence-corrected chi connectivity index (χ1v) is 10.2. The standard InChI is InChI=1S/C18H18O4S2/c1-11-5-10-14(23-11)15-16(22-18(2,3)17(15)19)12-6-8-13(9-7-12)24(4,20)21/h5-10H,1-4H3. The Hall–Kier alpha value is -1.92. The molecule has 126 valence electrons. The van der Waals surface area contributed by atoms with Crippen LogP contribution in [0.5, 0.6) is 0 Å². The van der Waals surface area contributed by atoms with Gasteiger partial charge in [0.1, 0.15) is 5.76 Å². The number of Topliss-reactive ketones (excluding diaryl/α,β-unsaturated/α-hetero) is 1. The second kappa shape index (κ2) is 5.57. The zero-order valence-corrected chi connectivity index (χ0v) is 15.5. The van der Waals surface area contributed by atoms with Crippen LogP contribution in [0.4, 0.5) is 0 Å². The molecule has 0 radical (unpaired) electrons. The molecule has 0 unspecified atom stereocenters. The van der Waals surface area contributed by atoms with Gasteiger partial charge >= 0.3 is 0 Å². The molecule has 1 aromatic heterocycles. The van der Waals surface area contributed by atoms with Gasteiger partial charge in [-0.3, -0.25) is 4.79 Å². The fraction of sp³-hybridized carbons (Fsp3) is 0.278. The van der Waals surface area contributed by atoms with E-state index in [1.807, 2.05) is 19.1 Å². The zero-order valence-electron chi connectivity index (χ0n) is 13.9. The first-order chi connectivity index (χ1) is 11.1. The van der Waals surface area contributed by atoms with E-state index in [2.05, 4.69) is 0 Å². The fourth-order valence-electron chi connectivity index (χ4n) is 2.61. The van der Waals surface area contributed by atoms with Crippen LogP contribution in [0.2, 0.25) is 0 Å². The Balaban J connectivity index is 2.15. The van der Waals surface area contributed by atoms with Crippen LogP contribution in [0.25, 0.3) is 11.3 Å².